The number of fused-ring (bicyclic) bond motifs is 1. The third kappa shape index (κ3) is 2.67. The fourth-order valence-corrected chi connectivity index (χ4v) is 2.58. The molecule has 1 aromatic carbocycles. The van der Waals surface area contributed by atoms with Crippen LogP contribution in [0.3, 0.4) is 0 Å². The van der Waals surface area contributed by atoms with Crippen molar-refractivity contribution in [1.82, 2.24) is 20.5 Å². The van der Waals surface area contributed by atoms with Crippen LogP contribution in [0.4, 0.5) is 0 Å². The lowest BCUT2D eigenvalue weighted by molar-refractivity contribution is 0.0949. The van der Waals surface area contributed by atoms with Gasteiger partial charge in [0.25, 0.3) is 5.91 Å². The summed E-state index contributed by atoms with van der Waals surface area (Å²) < 4.78 is 0. The van der Waals surface area contributed by atoms with E-state index in [-0.39, 0.29) is 5.91 Å². The molecule has 0 unspecified atom stereocenters. The summed E-state index contributed by atoms with van der Waals surface area (Å²) in [7, 11) is 0. The third-order valence-electron chi connectivity index (χ3n) is 3.63. The van der Waals surface area contributed by atoms with E-state index in [1.54, 1.807) is 6.07 Å². The van der Waals surface area contributed by atoms with Crippen molar-refractivity contribution in [2.45, 2.75) is 20.3 Å². The van der Waals surface area contributed by atoms with E-state index in [0.29, 0.717) is 12.2 Å². The molecule has 108 valence electrons. The Morgan fingerprint density at radius 2 is 2.10 bits per heavy atom. The van der Waals surface area contributed by atoms with Crippen LogP contribution in [0.1, 0.15) is 27.4 Å². The first kappa shape index (κ1) is 13.4. The molecule has 5 heteroatoms. The van der Waals surface area contributed by atoms with Gasteiger partial charge >= 0.3 is 0 Å². The summed E-state index contributed by atoms with van der Waals surface area (Å²) in [6, 6.07) is 9.96. The van der Waals surface area contributed by atoms with Crippen LogP contribution in [0.5, 0.6) is 0 Å². The molecule has 1 amide bonds. The lowest BCUT2D eigenvalue weighted by Crippen LogP contribution is -2.26. The van der Waals surface area contributed by atoms with Crippen LogP contribution in [-0.4, -0.2) is 27.6 Å². The number of carbonyl (C=O) groups is 1. The number of rotatable bonds is 4. The Morgan fingerprint density at radius 3 is 2.86 bits per heavy atom. The van der Waals surface area contributed by atoms with E-state index in [4.69, 9.17) is 0 Å². The molecule has 3 N–H and O–H groups in total. The largest absolute Gasteiger partial charge is 0.358 e. The lowest BCUT2D eigenvalue weighted by atomic mass is 10.1. The molecule has 0 fully saturated rings. The number of benzene rings is 1. The van der Waals surface area contributed by atoms with E-state index < -0.39 is 0 Å². The smallest absolute Gasteiger partial charge is 0.271 e. The number of hydrogen-bond donors (Lipinski definition) is 3. The van der Waals surface area contributed by atoms with Gasteiger partial charge in [-0.25, -0.2) is 0 Å². The molecule has 2 heterocycles. The molecule has 0 aliphatic heterocycles. The second-order valence-corrected chi connectivity index (χ2v) is 5.22. The molecule has 2 aromatic heterocycles. The number of nitrogens with zero attached hydrogens (tertiary/aromatic N) is 1. The molecular formula is C16H18N4O. The Hall–Kier alpha value is -2.56. The Balaban J connectivity index is 1.67. The van der Waals surface area contributed by atoms with E-state index in [0.717, 1.165) is 23.3 Å². The van der Waals surface area contributed by atoms with Gasteiger partial charge in [-0.3, -0.25) is 9.89 Å². The molecule has 3 rings (SSSR count). The summed E-state index contributed by atoms with van der Waals surface area (Å²) in [4.78, 5) is 15.3. The molecule has 0 aliphatic rings. The van der Waals surface area contributed by atoms with Crippen molar-refractivity contribution in [3.63, 3.8) is 0 Å². The topological polar surface area (TPSA) is 73.6 Å². The fraction of sp³-hybridized carbons (Fsp3) is 0.250. The molecule has 0 saturated heterocycles. The van der Waals surface area contributed by atoms with Crippen LogP contribution >= 0.6 is 0 Å². The van der Waals surface area contributed by atoms with Gasteiger partial charge in [0, 0.05) is 28.8 Å². The van der Waals surface area contributed by atoms with Gasteiger partial charge in [-0.1, -0.05) is 18.2 Å². The second-order valence-electron chi connectivity index (χ2n) is 5.22. The molecule has 0 bridgehead atoms. The van der Waals surface area contributed by atoms with Gasteiger partial charge in [0.2, 0.25) is 0 Å². The Morgan fingerprint density at radius 1 is 1.29 bits per heavy atom. The number of carbonyl (C=O) groups excluding carboxylic acids is 1. The van der Waals surface area contributed by atoms with E-state index in [2.05, 4.69) is 39.6 Å². The van der Waals surface area contributed by atoms with Gasteiger partial charge < -0.3 is 10.3 Å². The van der Waals surface area contributed by atoms with Gasteiger partial charge in [-0.05, 0) is 38.0 Å². The number of aromatic amines is 2. The normalized spacial score (nSPS) is 11.0. The Bertz CT molecular complexity index is 785. The minimum absolute atomic E-state index is 0.142. The first-order chi connectivity index (χ1) is 10.1. The quantitative estimate of drug-likeness (QED) is 0.687. The SMILES string of the molecule is Cc1cc(C(=O)NCCc2c(C)[nH]c3ccccc23)n[nH]1. The number of hydrogen-bond acceptors (Lipinski definition) is 2. The van der Waals surface area contributed by atoms with Gasteiger partial charge in [0.05, 0.1) is 0 Å². The fourth-order valence-electron chi connectivity index (χ4n) is 2.58. The van der Waals surface area contributed by atoms with E-state index in [1.807, 2.05) is 19.1 Å². The molecular weight excluding hydrogens is 264 g/mol. The monoisotopic (exact) mass is 282 g/mol. The Labute approximate surface area is 122 Å². The molecule has 0 spiro atoms. The standard InChI is InChI=1S/C16H18N4O/c1-10-9-15(20-19-10)16(21)17-8-7-12-11(2)18-14-6-4-3-5-13(12)14/h3-6,9,18H,7-8H2,1-2H3,(H,17,21)(H,19,20). The van der Waals surface area contributed by atoms with Gasteiger partial charge in [-0.2, -0.15) is 5.10 Å². The summed E-state index contributed by atoms with van der Waals surface area (Å²) in [5.41, 5.74) is 4.86. The maximum Gasteiger partial charge on any atom is 0.271 e. The highest BCUT2D eigenvalue weighted by Crippen LogP contribution is 2.21. The first-order valence-electron chi connectivity index (χ1n) is 7.01. The zero-order chi connectivity index (χ0) is 14.8. The molecule has 5 nitrogen and oxygen atoms in total. The summed E-state index contributed by atoms with van der Waals surface area (Å²) in [6.07, 6.45) is 0.797. The summed E-state index contributed by atoms with van der Waals surface area (Å²) in [5.74, 6) is -0.142. The van der Waals surface area contributed by atoms with Crippen molar-refractivity contribution in [3.05, 3.63) is 53.0 Å². The lowest BCUT2D eigenvalue weighted by Gasteiger charge is -2.04. The minimum Gasteiger partial charge on any atom is -0.358 e. The summed E-state index contributed by atoms with van der Waals surface area (Å²) >= 11 is 0. The third-order valence-corrected chi connectivity index (χ3v) is 3.63. The second kappa shape index (κ2) is 5.44. The van der Waals surface area contributed by atoms with Crippen molar-refractivity contribution in [3.8, 4) is 0 Å². The Kier molecular flexibility index (Phi) is 3.48. The van der Waals surface area contributed by atoms with Gasteiger partial charge in [-0.15, -0.1) is 0 Å². The molecule has 0 aliphatic carbocycles. The number of H-pyrrole nitrogens is 2. The number of aryl methyl sites for hydroxylation is 2. The van der Waals surface area contributed by atoms with Crippen molar-refractivity contribution in [2.24, 2.45) is 0 Å². The van der Waals surface area contributed by atoms with Crippen molar-refractivity contribution >= 4 is 16.8 Å². The highest BCUT2D eigenvalue weighted by molar-refractivity contribution is 5.92. The number of aromatic nitrogens is 3. The van der Waals surface area contributed by atoms with E-state index >= 15 is 0 Å². The van der Waals surface area contributed by atoms with Crippen LogP contribution < -0.4 is 5.32 Å². The van der Waals surface area contributed by atoms with Gasteiger partial charge in [0.15, 0.2) is 0 Å². The van der Waals surface area contributed by atoms with E-state index in [1.165, 1.54) is 10.9 Å². The van der Waals surface area contributed by atoms with Crippen LogP contribution in [-0.2, 0) is 6.42 Å². The minimum atomic E-state index is -0.142. The van der Waals surface area contributed by atoms with Crippen molar-refractivity contribution in [1.29, 1.82) is 0 Å². The zero-order valence-corrected chi connectivity index (χ0v) is 12.2. The molecule has 0 atom stereocenters. The van der Waals surface area contributed by atoms with Gasteiger partial charge in [0.1, 0.15) is 5.69 Å². The van der Waals surface area contributed by atoms with Crippen LogP contribution in [0.15, 0.2) is 30.3 Å². The average Bonchev–Trinajstić information content (AvgIpc) is 3.03. The van der Waals surface area contributed by atoms with Crippen LogP contribution in [0, 0.1) is 13.8 Å². The van der Waals surface area contributed by atoms with Crippen LogP contribution in [0.25, 0.3) is 10.9 Å². The van der Waals surface area contributed by atoms with Crippen molar-refractivity contribution < 1.29 is 4.79 Å². The maximum absolute atomic E-state index is 11.9. The highest BCUT2D eigenvalue weighted by atomic mass is 16.1. The zero-order valence-electron chi connectivity index (χ0n) is 12.2. The summed E-state index contributed by atoms with van der Waals surface area (Å²) in [6.45, 7) is 4.53. The average molecular weight is 282 g/mol. The molecule has 21 heavy (non-hydrogen) atoms. The van der Waals surface area contributed by atoms with E-state index in [9.17, 15) is 4.79 Å². The highest BCUT2D eigenvalue weighted by Gasteiger charge is 2.10. The van der Waals surface area contributed by atoms with Crippen LogP contribution in [0.2, 0.25) is 0 Å². The van der Waals surface area contributed by atoms with Crippen molar-refractivity contribution in [2.75, 3.05) is 6.54 Å². The summed E-state index contributed by atoms with van der Waals surface area (Å²) in [5, 5.41) is 10.9. The number of amides is 1. The number of para-hydroxylation sites is 1. The predicted molar refractivity (Wildman–Crippen MR) is 82.4 cm³/mol. The first-order valence-corrected chi connectivity index (χ1v) is 7.01. The molecule has 3 aromatic rings. The molecule has 0 saturated carbocycles. The maximum atomic E-state index is 11.9. The number of nitrogens with one attached hydrogen (secondary N) is 3. The molecule has 0 radical (unpaired) electrons. The predicted octanol–water partition coefficient (Wildman–Crippen LogP) is 2.48.